The van der Waals surface area contributed by atoms with Crippen molar-refractivity contribution in [1.29, 1.82) is 0 Å². The third-order valence-corrected chi connectivity index (χ3v) is 16.7. The van der Waals surface area contributed by atoms with E-state index in [2.05, 4.69) is 37.5 Å². The summed E-state index contributed by atoms with van der Waals surface area (Å²) in [7, 11) is -2.93. The van der Waals surface area contributed by atoms with Gasteiger partial charge in [0.2, 0.25) is 11.7 Å². The van der Waals surface area contributed by atoms with Crippen LogP contribution >= 0.6 is 0 Å². The second-order valence-electron chi connectivity index (χ2n) is 19.5. The zero-order valence-corrected chi connectivity index (χ0v) is 43.0. The van der Waals surface area contributed by atoms with Crippen molar-refractivity contribution in [3.63, 3.8) is 0 Å². The van der Waals surface area contributed by atoms with Crippen LogP contribution < -0.4 is 20.3 Å². The Bertz CT molecular complexity index is 3520. The molecule has 3 N–H and O–H groups in total. The van der Waals surface area contributed by atoms with Gasteiger partial charge in [-0.05, 0) is 84.2 Å². The lowest BCUT2D eigenvalue weighted by Gasteiger charge is -2.38. The normalized spacial score (nSPS) is 14.9. The van der Waals surface area contributed by atoms with E-state index >= 15 is 13.6 Å². The number of aromatic nitrogens is 6. The topological polar surface area (TPSA) is 160 Å². The summed E-state index contributed by atoms with van der Waals surface area (Å²) >= 11 is 0. The highest BCUT2D eigenvalue weighted by Crippen LogP contribution is 2.45. The summed E-state index contributed by atoms with van der Waals surface area (Å²) in [6, 6.07) is 41.4. The Hall–Kier alpha value is -8.28. The van der Waals surface area contributed by atoms with Gasteiger partial charge in [-0.2, -0.15) is 17.8 Å². The summed E-state index contributed by atoms with van der Waals surface area (Å²) < 4.78 is 66.2. The molecule has 0 amide bonds. The summed E-state index contributed by atoms with van der Waals surface area (Å²) in [5, 5.41) is 5.11. The molecule has 0 aliphatic carbocycles. The first-order valence-corrected chi connectivity index (χ1v) is 27.0. The number of carbonyl (C=O) groups is 1. The number of halogens is 2. The molecule has 0 atom stereocenters. The number of anilines is 4. The molecule has 0 radical (unpaired) electrons. The Kier molecular flexibility index (Phi) is 13.7. The van der Waals surface area contributed by atoms with Crippen LogP contribution in [0.3, 0.4) is 0 Å². The Balaban J connectivity index is 0.913. The molecule has 17 heteroatoms. The summed E-state index contributed by atoms with van der Waals surface area (Å²) in [5.41, 5.74) is 10.5. The monoisotopic (exact) mass is 1040 g/mol. The number of nitrogen functional groups attached to an aromatic ring is 1. The number of benzene rings is 5. The zero-order valence-electron chi connectivity index (χ0n) is 42.2. The minimum atomic E-state index is -4.25. The number of nitrogens with one attached hydrogen (secondary N) is 1. The van der Waals surface area contributed by atoms with Crippen LogP contribution in [0.25, 0.3) is 22.2 Å². The Labute approximate surface area is 440 Å². The van der Waals surface area contributed by atoms with Gasteiger partial charge in [0, 0.05) is 93.0 Å². The van der Waals surface area contributed by atoms with E-state index in [1.165, 1.54) is 12.6 Å². The highest BCUT2D eigenvalue weighted by Gasteiger charge is 2.41. The molecule has 0 spiro atoms. The summed E-state index contributed by atoms with van der Waals surface area (Å²) in [6.07, 6.45) is 14.8. The molecule has 0 unspecified atom stereocenters. The van der Waals surface area contributed by atoms with Crippen LogP contribution in [0.5, 0.6) is 0 Å². The van der Waals surface area contributed by atoms with Gasteiger partial charge in [-0.15, -0.1) is 0 Å². The van der Waals surface area contributed by atoms with Gasteiger partial charge in [-0.25, -0.2) is 23.7 Å². The molecule has 4 aromatic heterocycles. The number of hydrogen-bond acceptors (Lipinski definition) is 10. The van der Waals surface area contributed by atoms with E-state index in [1.807, 2.05) is 114 Å². The number of ketones is 1. The molecule has 2 fully saturated rings. The summed E-state index contributed by atoms with van der Waals surface area (Å²) in [4.78, 5) is 34.5. The predicted molar refractivity (Wildman–Crippen MR) is 294 cm³/mol. The molecule has 2 aliphatic rings. The van der Waals surface area contributed by atoms with E-state index in [4.69, 9.17) is 25.8 Å². The lowest BCUT2D eigenvalue weighted by Crippen LogP contribution is -2.37. The molecule has 14 nitrogen and oxygen atoms in total. The maximum absolute atomic E-state index is 16.7. The Morgan fingerprint density at radius 3 is 1.89 bits per heavy atom. The van der Waals surface area contributed by atoms with E-state index in [-0.39, 0.29) is 18.2 Å². The van der Waals surface area contributed by atoms with Crippen molar-refractivity contribution in [2.45, 2.75) is 50.1 Å². The number of carbonyl (C=O) groups excluding carboxylic acids is 1. The average Bonchev–Trinajstić information content (AvgIpc) is 4.17. The SMILES string of the molecule is CCN(C)S(=O)(=O)Nc1ccc(F)c(C(=O)c2cn(C(c3ccccc3)(c3ccccc3)c3ccccc3)c3ncc(-c4cnc(N5CCC(n6cc(N7CCC(c8ccc(N)cc8)CC7)cn6)CC5)nc4)cc23)c1F. The van der Waals surface area contributed by atoms with Crippen molar-refractivity contribution >= 4 is 50.0 Å². The number of nitrogens with two attached hydrogens (primary N) is 1. The van der Waals surface area contributed by atoms with Gasteiger partial charge in [0.1, 0.15) is 17.0 Å². The lowest BCUT2D eigenvalue weighted by molar-refractivity contribution is 0.103. The molecule has 0 bridgehead atoms. The number of rotatable bonds is 15. The fraction of sp³-hybridized carbons (Fsp3) is 0.237. The summed E-state index contributed by atoms with van der Waals surface area (Å²) in [6.45, 7) is 5.11. The van der Waals surface area contributed by atoms with Crippen LogP contribution in [-0.2, 0) is 15.7 Å². The van der Waals surface area contributed by atoms with Gasteiger partial charge in [-0.3, -0.25) is 14.2 Å². The fourth-order valence-electron chi connectivity index (χ4n) is 10.9. The van der Waals surface area contributed by atoms with E-state index in [0.29, 0.717) is 34.0 Å². The minimum absolute atomic E-state index is 0.0661. The van der Waals surface area contributed by atoms with Gasteiger partial charge < -0.3 is 20.1 Å². The largest absolute Gasteiger partial charge is 0.399 e. The van der Waals surface area contributed by atoms with Gasteiger partial charge in [-0.1, -0.05) is 110 Å². The molecular weight excluding hydrogens is 981 g/mol. The summed E-state index contributed by atoms with van der Waals surface area (Å²) in [5.74, 6) is -2.43. The molecule has 76 heavy (non-hydrogen) atoms. The van der Waals surface area contributed by atoms with Crippen LogP contribution in [0.4, 0.5) is 31.8 Å². The Morgan fingerprint density at radius 2 is 1.30 bits per heavy atom. The molecule has 5 aromatic carbocycles. The van der Waals surface area contributed by atoms with Crippen LogP contribution in [0.15, 0.2) is 171 Å². The zero-order chi connectivity index (χ0) is 52.6. The highest BCUT2D eigenvalue weighted by molar-refractivity contribution is 7.90. The van der Waals surface area contributed by atoms with Crippen LogP contribution in [0.1, 0.15) is 82.7 Å². The van der Waals surface area contributed by atoms with E-state index in [1.54, 1.807) is 37.8 Å². The third-order valence-electron chi connectivity index (χ3n) is 15.2. The van der Waals surface area contributed by atoms with Gasteiger partial charge in [0.05, 0.1) is 34.7 Å². The average molecular weight is 1040 g/mol. The minimum Gasteiger partial charge on any atom is -0.399 e. The number of hydrogen-bond donors (Lipinski definition) is 2. The Morgan fingerprint density at radius 1 is 0.724 bits per heavy atom. The van der Waals surface area contributed by atoms with Gasteiger partial charge in [0.15, 0.2) is 5.82 Å². The lowest BCUT2D eigenvalue weighted by atomic mass is 9.76. The molecule has 386 valence electrons. The van der Waals surface area contributed by atoms with Crippen LogP contribution in [-0.4, -0.2) is 87.6 Å². The number of piperidine rings is 2. The first-order valence-electron chi connectivity index (χ1n) is 25.6. The highest BCUT2D eigenvalue weighted by atomic mass is 32.2. The number of pyridine rings is 1. The first kappa shape index (κ1) is 49.9. The van der Waals surface area contributed by atoms with Crippen molar-refractivity contribution in [3.8, 4) is 11.1 Å². The second-order valence-corrected chi connectivity index (χ2v) is 21.3. The molecule has 2 aliphatic heterocycles. The molecule has 11 rings (SSSR count). The first-order chi connectivity index (χ1) is 36.9. The molecule has 0 saturated carbocycles. The van der Waals surface area contributed by atoms with Crippen molar-refractivity contribution in [1.82, 2.24) is 33.6 Å². The van der Waals surface area contributed by atoms with Crippen LogP contribution in [0.2, 0.25) is 0 Å². The number of fused-ring (bicyclic) bond motifs is 1. The van der Waals surface area contributed by atoms with E-state index in [9.17, 15) is 8.42 Å². The molecular formula is C59H57F2N11O3S. The van der Waals surface area contributed by atoms with Crippen LogP contribution in [0, 0.1) is 11.6 Å². The number of nitrogens with zero attached hydrogens (tertiary/aromatic N) is 9. The van der Waals surface area contributed by atoms with Crippen molar-refractivity contribution < 1.29 is 22.0 Å². The van der Waals surface area contributed by atoms with Gasteiger partial charge in [0.25, 0.3) is 0 Å². The van der Waals surface area contributed by atoms with Gasteiger partial charge >= 0.3 is 10.2 Å². The standard InChI is InChI=1S/C59H57F2N11O3S/c1-3-68(2)76(74,75)67-53-24-23-52(60)54(55(53)61)56(73)51-39-71(59(44-13-7-4-8-14-44,45-15-9-5-10-16-45)46-17-11-6-12-18-46)57-50(51)33-42(34-63-57)43-35-64-58(65-36-43)70-31-27-48(28-32-70)72-38-49(37-66-72)69-29-25-41(26-30-69)40-19-21-47(62)22-20-40/h4-24,33-39,41,48,67H,3,25-32,62H2,1-2H3. The fourth-order valence-corrected chi connectivity index (χ4v) is 11.8. The molecule has 2 saturated heterocycles. The molecule has 9 aromatic rings. The quantitative estimate of drug-likeness (QED) is 0.0575. The maximum atomic E-state index is 16.7. The maximum Gasteiger partial charge on any atom is 0.301 e. The third kappa shape index (κ3) is 9.34. The van der Waals surface area contributed by atoms with Crippen molar-refractivity contribution in [3.05, 3.63) is 216 Å². The predicted octanol–water partition coefficient (Wildman–Crippen LogP) is 10.5. The van der Waals surface area contributed by atoms with E-state index in [0.717, 1.165) is 96.4 Å². The van der Waals surface area contributed by atoms with Crippen molar-refractivity contribution in [2.75, 3.05) is 60.0 Å². The smallest absolute Gasteiger partial charge is 0.301 e. The second kappa shape index (κ2) is 20.8. The van der Waals surface area contributed by atoms with Crippen molar-refractivity contribution in [2.24, 2.45) is 0 Å². The molecule has 6 heterocycles. The van der Waals surface area contributed by atoms with E-state index < -0.39 is 44.4 Å².